The molecule has 3 aromatic rings. The van der Waals surface area contributed by atoms with Gasteiger partial charge in [0.25, 0.3) is 5.91 Å². The molecule has 0 aliphatic carbocycles. The van der Waals surface area contributed by atoms with Gasteiger partial charge in [0, 0.05) is 59.8 Å². The summed E-state index contributed by atoms with van der Waals surface area (Å²) in [6.45, 7) is 1.76. The molecule has 1 atom stereocenters. The van der Waals surface area contributed by atoms with Crippen LogP contribution in [0, 0.1) is 5.92 Å². The van der Waals surface area contributed by atoms with E-state index in [9.17, 15) is 14.7 Å². The third-order valence-corrected chi connectivity index (χ3v) is 7.18. The molecule has 190 valence electrons. The Kier molecular flexibility index (Phi) is 8.72. The van der Waals surface area contributed by atoms with Crippen LogP contribution in [0.15, 0.2) is 54.7 Å². The largest absolute Gasteiger partial charge is 0.481 e. The highest BCUT2D eigenvalue weighted by Gasteiger charge is 2.34. The zero-order valence-corrected chi connectivity index (χ0v) is 21.8. The highest BCUT2D eigenvalue weighted by Crippen LogP contribution is 2.35. The van der Waals surface area contributed by atoms with Crippen molar-refractivity contribution in [1.29, 1.82) is 0 Å². The number of carboxylic acid groups (broad SMARTS) is 1. The van der Waals surface area contributed by atoms with E-state index in [2.05, 4.69) is 0 Å². The van der Waals surface area contributed by atoms with Gasteiger partial charge in [-0.3, -0.25) is 9.59 Å². The molecule has 2 aromatic carbocycles. The molecule has 0 unspecified atom stereocenters. The number of carbonyl (C=O) groups is 2. The average molecular weight is 529 g/mol. The number of amides is 1. The lowest BCUT2D eigenvalue weighted by molar-refractivity contribution is -0.141. The maximum Gasteiger partial charge on any atom is 0.308 e. The summed E-state index contributed by atoms with van der Waals surface area (Å²) >= 11 is 12.5. The van der Waals surface area contributed by atoms with E-state index in [4.69, 9.17) is 27.9 Å². The van der Waals surface area contributed by atoms with E-state index in [1.54, 1.807) is 4.90 Å². The second-order valence-corrected chi connectivity index (χ2v) is 10.0. The molecular weight excluding hydrogens is 499 g/mol. The summed E-state index contributed by atoms with van der Waals surface area (Å²) in [7, 11) is 1.94. The first-order valence-electron chi connectivity index (χ1n) is 12.1. The lowest BCUT2D eigenvalue weighted by Gasteiger charge is -2.18. The number of halogens is 2. The number of aliphatic carboxylic acids is 1. The first-order chi connectivity index (χ1) is 17.3. The van der Waals surface area contributed by atoms with Gasteiger partial charge in [0.05, 0.1) is 18.1 Å². The van der Waals surface area contributed by atoms with Gasteiger partial charge in [0.2, 0.25) is 0 Å². The van der Waals surface area contributed by atoms with Gasteiger partial charge in [0.1, 0.15) is 0 Å². The number of benzene rings is 2. The summed E-state index contributed by atoms with van der Waals surface area (Å²) in [5.41, 5.74) is 4.13. The topological polar surface area (TPSA) is 71.8 Å². The van der Waals surface area contributed by atoms with Crippen LogP contribution in [0.5, 0.6) is 0 Å². The Morgan fingerprint density at radius 1 is 1.08 bits per heavy atom. The smallest absolute Gasteiger partial charge is 0.308 e. The van der Waals surface area contributed by atoms with Crippen LogP contribution in [0.2, 0.25) is 10.0 Å². The molecule has 1 aromatic heterocycles. The average Bonchev–Trinajstić information content (AvgIpc) is 3.47. The highest BCUT2D eigenvalue weighted by atomic mass is 35.5. The maximum atomic E-state index is 13.7. The number of aromatic nitrogens is 1. The van der Waals surface area contributed by atoms with Gasteiger partial charge in [-0.05, 0) is 49.4 Å². The fourth-order valence-corrected chi connectivity index (χ4v) is 5.16. The normalized spacial score (nSPS) is 15.4. The molecular formula is C28H30Cl2N2O4. The molecule has 8 heteroatoms. The van der Waals surface area contributed by atoms with E-state index in [1.165, 1.54) is 0 Å². The minimum absolute atomic E-state index is 0.138. The Labute approximate surface area is 221 Å². The molecule has 0 saturated carbocycles. The fraction of sp³-hybridized carbons (Fsp3) is 0.357. The third-order valence-electron chi connectivity index (χ3n) is 6.62. The molecule has 4 rings (SSSR count). The van der Waals surface area contributed by atoms with Crippen LogP contribution in [0.4, 0.5) is 0 Å². The Morgan fingerprint density at radius 2 is 1.89 bits per heavy atom. The van der Waals surface area contributed by atoms with Crippen LogP contribution < -0.4 is 0 Å². The zero-order chi connectivity index (χ0) is 25.7. The fourth-order valence-electron chi connectivity index (χ4n) is 4.71. The van der Waals surface area contributed by atoms with E-state index in [1.807, 2.05) is 66.3 Å². The van der Waals surface area contributed by atoms with Gasteiger partial charge in [-0.15, -0.1) is 0 Å². The van der Waals surface area contributed by atoms with E-state index in [0.717, 1.165) is 35.2 Å². The summed E-state index contributed by atoms with van der Waals surface area (Å²) in [5.74, 6) is -1.52. The van der Waals surface area contributed by atoms with Crippen molar-refractivity contribution in [3.05, 3.63) is 81.6 Å². The Hall–Kier alpha value is -2.80. The number of unbranched alkanes of at least 4 members (excludes halogenated alkanes) is 1. The number of ether oxygens (including phenoxy) is 1. The quantitative estimate of drug-likeness (QED) is 0.323. The van der Waals surface area contributed by atoms with Crippen LogP contribution in [-0.2, 0) is 29.6 Å². The van der Waals surface area contributed by atoms with Crippen molar-refractivity contribution in [2.75, 3.05) is 19.7 Å². The predicted molar refractivity (Wildman–Crippen MR) is 142 cm³/mol. The van der Waals surface area contributed by atoms with Crippen LogP contribution in [0.3, 0.4) is 0 Å². The monoisotopic (exact) mass is 528 g/mol. The lowest BCUT2D eigenvalue weighted by Crippen LogP contribution is -2.31. The number of nitrogens with zero attached hydrogens (tertiary/aromatic N) is 2. The van der Waals surface area contributed by atoms with Crippen molar-refractivity contribution < 1.29 is 19.4 Å². The van der Waals surface area contributed by atoms with Gasteiger partial charge in [-0.1, -0.05) is 53.5 Å². The van der Waals surface area contributed by atoms with Crippen molar-refractivity contribution >= 4 is 35.1 Å². The van der Waals surface area contributed by atoms with Crippen LogP contribution in [-0.4, -0.2) is 46.1 Å². The molecule has 0 bridgehead atoms. The number of carbonyl (C=O) groups excluding carboxylic acids is 1. The standard InChI is InChI=1S/C28H30Cl2N2O4/c1-31-17-23(22-9-2-3-10-24(22)30)26(27(33)32-13-12-20(16-32)28(34)35)25(31)11-4-5-14-36-18-19-7-6-8-21(29)15-19/h2-3,6-10,15,17,20H,4-5,11-14,16,18H2,1H3,(H,34,35)/t20-/m0/s1. The molecule has 1 aliphatic heterocycles. The molecule has 1 amide bonds. The van der Waals surface area contributed by atoms with Crippen molar-refractivity contribution in [2.24, 2.45) is 13.0 Å². The summed E-state index contributed by atoms with van der Waals surface area (Å²) in [6, 6.07) is 15.1. The van der Waals surface area contributed by atoms with Gasteiger partial charge in [-0.25, -0.2) is 0 Å². The molecule has 0 spiro atoms. The van der Waals surface area contributed by atoms with Crippen molar-refractivity contribution in [3.8, 4) is 11.1 Å². The van der Waals surface area contributed by atoms with Crippen LogP contribution in [0.1, 0.15) is 40.9 Å². The van der Waals surface area contributed by atoms with E-state index in [-0.39, 0.29) is 12.5 Å². The van der Waals surface area contributed by atoms with E-state index in [0.29, 0.717) is 48.2 Å². The van der Waals surface area contributed by atoms with Crippen LogP contribution >= 0.6 is 23.2 Å². The second-order valence-electron chi connectivity index (χ2n) is 9.17. The lowest BCUT2D eigenvalue weighted by atomic mass is 9.99. The van der Waals surface area contributed by atoms with Crippen molar-refractivity contribution in [3.63, 3.8) is 0 Å². The minimum atomic E-state index is -0.859. The zero-order valence-electron chi connectivity index (χ0n) is 20.3. The molecule has 1 fully saturated rings. The first-order valence-corrected chi connectivity index (χ1v) is 12.9. The number of likely N-dealkylation sites (tertiary alicyclic amines) is 1. The Bertz CT molecular complexity index is 1240. The van der Waals surface area contributed by atoms with Gasteiger partial charge in [-0.2, -0.15) is 0 Å². The maximum absolute atomic E-state index is 13.7. The van der Waals surface area contributed by atoms with Crippen LogP contribution in [0.25, 0.3) is 11.1 Å². The highest BCUT2D eigenvalue weighted by molar-refractivity contribution is 6.33. The van der Waals surface area contributed by atoms with Gasteiger partial charge in [0.15, 0.2) is 0 Å². The Balaban J connectivity index is 1.48. The molecule has 1 saturated heterocycles. The van der Waals surface area contributed by atoms with Crippen molar-refractivity contribution in [2.45, 2.75) is 32.3 Å². The van der Waals surface area contributed by atoms with Crippen molar-refractivity contribution in [1.82, 2.24) is 9.47 Å². The molecule has 1 aliphatic rings. The molecule has 36 heavy (non-hydrogen) atoms. The molecule has 2 heterocycles. The summed E-state index contributed by atoms with van der Waals surface area (Å²) in [5, 5.41) is 10.7. The Morgan fingerprint density at radius 3 is 2.61 bits per heavy atom. The SMILES string of the molecule is Cn1cc(-c2ccccc2Cl)c(C(=O)N2CC[C@H](C(=O)O)C2)c1CCCCOCc1cccc(Cl)c1. The molecule has 6 nitrogen and oxygen atoms in total. The minimum Gasteiger partial charge on any atom is -0.481 e. The molecule has 1 N–H and O–H groups in total. The van der Waals surface area contributed by atoms with E-state index >= 15 is 0 Å². The predicted octanol–water partition coefficient (Wildman–Crippen LogP) is 6.09. The molecule has 0 radical (unpaired) electrons. The number of aryl methyl sites for hydroxylation is 1. The third kappa shape index (κ3) is 6.12. The van der Waals surface area contributed by atoms with Gasteiger partial charge < -0.3 is 19.3 Å². The van der Waals surface area contributed by atoms with Gasteiger partial charge >= 0.3 is 5.97 Å². The summed E-state index contributed by atoms with van der Waals surface area (Å²) < 4.78 is 7.80. The first kappa shape index (κ1) is 26.3. The number of hydrogen-bond acceptors (Lipinski definition) is 3. The number of hydrogen-bond donors (Lipinski definition) is 1. The summed E-state index contributed by atoms with van der Waals surface area (Å²) in [4.78, 5) is 26.8. The van der Waals surface area contributed by atoms with E-state index < -0.39 is 11.9 Å². The summed E-state index contributed by atoms with van der Waals surface area (Å²) in [6.07, 6.45) is 4.79. The number of rotatable bonds is 10. The number of carboxylic acids is 1. The second kappa shape index (κ2) is 12.0.